The molecule has 2 aliphatic rings. The first kappa shape index (κ1) is 10.6. The maximum Gasteiger partial charge on any atom is 0.0350 e. The lowest BCUT2D eigenvalue weighted by molar-refractivity contribution is 0.371. The highest BCUT2D eigenvalue weighted by molar-refractivity contribution is 7.85. The zero-order valence-electron chi connectivity index (χ0n) is 9.00. The van der Waals surface area contributed by atoms with Gasteiger partial charge in [0.25, 0.3) is 0 Å². The largest absolute Gasteiger partial charge is 0.316 e. The molecule has 1 aliphatic heterocycles. The van der Waals surface area contributed by atoms with Crippen LogP contribution in [0.1, 0.15) is 32.6 Å². The fraction of sp³-hybridized carbons (Fsp3) is 1.00. The van der Waals surface area contributed by atoms with Crippen LogP contribution in [0.25, 0.3) is 0 Å². The predicted octanol–water partition coefficient (Wildman–Crippen LogP) is 1.53. The molecule has 2 nitrogen and oxygen atoms in total. The van der Waals surface area contributed by atoms with Gasteiger partial charge in [-0.3, -0.25) is 4.21 Å². The van der Waals surface area contributed by atoms with E-state index in [1.54, 1.807) is 0 Å². The van der Waals surface area contributed by atoms with E-state index in [9.17, 15) is 4.21 Å². The van der Waals surface area contributed by atoms with Gasteiger partial charge in [0.2, 0.25) is 0 Å². The van der Waals surface area contributed by atoms with Crippen molar-refractivity contribution >= 4 is 10.8 Å². The first-order chi connectivity index (χ1) is 6.75. The Morgan fingerprint density at radius 1 is 1.36 bits per heavy atom. The lowest BCUT2D eigenvalue weighted by Gasteiger charge is -2.31. The molecule has 2 rings (SSSR count). The molecule has 1 saturated carbocycles. The van der Waals surface area contributed by atoms with Gasteiger partial charge in [-0.05, 0) is 24.7 Å². The maximum absolute atomic E-state index is 12.0. The van der Waals surface area contributed by atoms with Gasteiger partial charge in [0.05, 0.1) is 0 Å². The summed E-state index contributed by atoms with van der Waals surface area (Å²) in [4.78, 5) is 0. The zero-order valence-corrected chi connectivity index (χ0v) is 9.81. The highest BCUT2D eigenvalue weighted by Gasteiger charge is 2.27. The van der Waals surface area contributed by atoms with E-state index in [4.69, 9.17) is 0 Å². The molecule has 0 radical (unpaired) electrons. The molecule has 0 bridgehead atoms. The molecule has 0 aromatic carbocycles. The number of nitrogens with one attached hydrogen (secondary N) is 1. The van der Waals surface area contributed by atoms with Crippen molar-refractivity contribution in [1.82, 2.24) is 5.32 Å². The third-order valence-corrected chi connectivity index (χ3v) is 5.50. The molecule has 1 saturated heterocycles. The van der Waals surface area contributed by atoms with Gasteiger partial charge in [0.1, 0.15) is 0 Å². The number of hydrogen-bond donors (Lipinski definition) is 1. The molecule has 3 heteroatoms. The van der Waals surface area contributed by atoms with E-state index in [2.05, 4.69) is 12.2 Å². The summed E-state index contributed by atoms with van der Waals surface area (Å²) in [6.07, 6.45) is 5.04. The van der Waals surface area contributed by atoms with Gasteiger partial charge in [0, 0.05) is 34.9 Å². The number of rotatable bonds is 3. The van der Waals surface area contributed by atoms with Gasteiger partial charge in [-0.2, -0.15) is 0 Å². The van der Waals surface area contributed by atoms with Gasteiger partial charge in [-0.25, -0.2) is 0 Å². The second kappa shape index (κ2) is 4.75. The van der Waals surface area contributed by atoms with Crippen molar-refractivity contribution in [3.63, 3.8) is 0 Å². The van der Waals surface area contributed by atoms with Gasteiger partial charge >= 0.3 is 0 Å². The Morgan fingerprint density at radius 2 is 2.14 bits per heavy atom. The second-order valence-electron chi connectivity index (χ2n) is 4.97. The monoisotopic (exact) mass is 215 g/mol. The summed E-state index contributed by atoms with van der Waals surface area (Å²) in [6.45, 7) is 4.48. The van der Waals surface area contributed by atoms with E-state index in [-0.39, 0.29) is 0 Å². The first-order valence-corrected chi connectivity index (χ1v) is 7.22. The Hall–Kier alpha value is 0.110. The molecule has 2 fully saturated rings. The average molecular weight is 215 g/mol. The third kappa shape index (κ3) is 2.57. The Kier molecular flexibility index (Phi) is 3.61. The van der Waals surface area contributed by atoms with Crippen molar-refractivity contribution in [3.8, 4) is 0 Å². The SMILES string of the molecule is CC1CCCC(S(=O)CC2CNC2)C1. The molecule has 14 heavy (non-hydrogen) atoms. The maximum atomic E-state index is 12.0. The molecule has 3 unspecified atom stereocenters. The standard InChI is InChI=1S/C11H21NOS/c1-9-3-2-4-11(5-9)14(13)8-10-6-12-7-10/h9-12H,2-8H2,1H3. The van der Waals surface area contributed by atoms with Crippen LogP contribution in [0.3, 0.4) is 0 Å². The minimum absolute atomic E-state index is 0.513. The van der Waals surface area contributed by atoms with Crippen molar-refractivity contribution in [3.05, 3.63) is 0 Å². The summed E-state index contributed by atoms with van der Waals surface area (Å²) in [5, 5.41) is 3.76. The summed E-state index contributed by atoms with van der Waals surface area (Å²) in [5.41, 5.74) is 0. The topological polar surface area (TPSA) is 29.1 Å². The summed E-state index contributed by atoms with van der Waals surface area (Å²) >= 11 is 0. The fourth-order valence-electron chi connectivity index (χ4n) is 2.45. The van der Waals surface area contributed by atoms with Crippen molar-refractivity contribution in [2.45, 2.75) is 37.9 Å². The normalized spacial score (nSPS) is 36.4. The lowest BCUT2D eigenvalue weighted by atomic mass is 9.91. The Bertz CT molecular complexity index is 215. The predicted molar refractivity (Wildman–Crippen MR) is 60.8 cm³/mol. The van der Waals surface area contributed by atoms with Crippen LogP contribution in [0, 0.1) is 11.8 Å². The molecule has 1 N–H and O–H groups in total. The lowest BCUT2D eigenvalue weighted by Crippen LogP contribution is -2.45. The summed E-state index contributed by atoms with van der Waals surface area (Å²) < 4.78 is 12.0. The Labute approximate surface area is 89.3 Å². The van der Waals surface area contributed by atoms with Gasteiger partial charge in [0.15, 0.2) is 0 Å². The van der Waals surface area contributed by atoms with Crippen LogP contribution in [0.5, 0.6) is 0 Å². The van der Waals surface area contributed by atoms with Crippen LogP contribution in [0.2, 0.25) is 0 Å². The molecule has 1 aliphatic carbocycles. The van der Waals surface area contributed by atoms with E-state index in [1.807, 2.05) is 0 Å². The van der Waals surface area contributed by atoms with Crippen LogP contribution < -0.4 is 5.32 Å². The van der Waals surface area contributed by atoms with E-state index >= 15 is 0 Å². The Balaban J connectivity index is 1.77. The Morgan fingerprint density at radius 3 is 2.71 bits per heavy atom. The highest BCUT2D eigenvalue weighted by atomic mass is 32.2. The van der Waals surface area contributed by atoms with Gasteiger partial charge in [-0.15, -0.1) is 0 Å². The van der Waals surface area contributed by atoms with Crippen molar-refractivity contribution in [2.24, 2.45) is 11.8 Å². The quantitative estimate of drug-likeness (QED) is 0.773. The molecule has 82 valence electrons. The summed E-state index contributed by atoms with van der Waals surface area (Å²) in [7, 11) is -0.546. The van der Waals surface area contributed by atoms with Crippen molar-refractivity contribution in [1.29, 1.82) is 0 Å². The minimum atomic E-state index is -0.546. The van der Waals surface area contributed by atoms with Gasteiger partial charge in [-0.1, -0.05) is 19.8 Å². The van der Waals surface area contributed by atoms with Crippen LogP contribution in [0.15, 0.2) is 0 Å². The van der Waals surface area contributed by atoms with Gasteiger partial charge < -0.3 is 5.32 Å². The summed E-state index contributed by atoms with van der Waals surface area (Å²) in [5.74, 6) is 2.45. The number of hydrogen-bond acceptors (Lipinski definition) is 2. The molecule has 1 heterocycles. The van der Waals surface area contributed by atoms with Crippen LogP contribution in [-0.2, 0) is 10.8 Å². The molecule has 0 amide bonds. The van der Waals surface area contributed by atoms with E-state index < -0.39 is 10.8 Å². The minimum Gasteiger partial charge on any atom is -0.316 e. The summed E-state index contributed by atoms with van der Waals surface area (Å²) in [6, 6.07) is 0. The van der Waals surface area contributed by atoms with E-state index in [0.29, 0.717) is 11.2 Å². The average Bonchev–Trinajstić information content (AvgIpc) is 2.11. The molecule has 0 aromatic heterocycles. The van der Waals surface area contributed by atoms with E-state index in [0.717, 1.165) is 24.8 Å². The molecule has 3 atom stereocenters. The molecular weight excluding hydrogens is 194 g/mol. The first-order valence-electron chi connectivity index (χ1n) is 5.83. The molecular formula is C11H21NOS. The van der Waals surface area contributed by atoms with Crippen LogP contribution >= 0.6 is 0 Å². The van der Waals surface area contributed by atoms with Crippen LogP contribution in [0.4, 0.5) is 0 Å². The third-order valence-electron chi connectivity index (χ3n) is 3.53. The smallest absolute Gasteiger partial charge is 0.0350 e. The van der Waals surface area contributed by atoms with Crippen molar-refractivity contribution < 1.29 is 4.21 Å². The van der Waals surface area contributed by atoms with Crippen molar-refractivity contribution in [2.75, 3.05) is 18.8 Å². The molecule has 0 spiro atoms. The second-order valence-corrected chi connectivity index (χ2v) is 6.73. The molecule has 0 aromatic rings. The van der Waals surface area contributed by atoms with Crippen LogP contribution in [-0.4, -0.2) is 28.3 Å². The van der Waals surface area contributed by atoms with E-state index in [1.165, 1.54) is 25.7 Å². The fourth-order valence-corrected chi connectivity index (χ4v) is 4.40. The zero-order chi connectivity index (χ0) is 9.97. The highest BCUT2D eigenvalue weighted by Crippen LogP contribution is 2.27.